The van der Waals surface area contributed by atoms with Gasteiger partial charge in [0.05, 0.1) is 23.9 Å². The first-order valence-corrected chi connectivity index (χ1v) is 9.22. The Labute approximate surface area is 172 Å². The SMILES string of the molecule is COc1cc(C(=O)Nc2cc(C(F)(F)F)ccn2)ccc1B1OC(C)(C)C(C)(C)O1. The maximum Gasteiger partial charge on any atom is 0.498 e. The summed E-state index contributed by atoms with van der Waals surface area (Å²) in [5.41, 5.74) is -1.21. The van der Waals surface area contributed by atoms with E-state index in [4.69, 9.17) is 14.0 Å². The number of aromatic nitrogens is 1. The number of anilines is 1. The number of carbonyl (C=O) groups is 1. The van der Waals surface area contributed by atoms with E-state index in [-0.39, 0.29) is 11.4 Å². The molecule has 0 unspecified atom stereocenters. The van der Waals surface area contributed by atoms with Crippen molar-refractivity contribution in [3.8, 4) is 5.75 Å². The van der Waals surface area contributed by atoms with Gasteiger partial charge in [0, 0.05) is 17.2 Å². The van der Waals surface area contributed by atoms with Crippen LogP contribution in [0.5, 0.6) is 5.75 Å². The number of ether oxygens (including phenoxy) is 1. The number of nitrogens with one attached hydrogen (secondary N) is 1. The number of alkyl halides is 3. The lowest BCUT2D eigenvalue weighted by Gasteiger charge is -2.32. The summed E-state index contributed by atoms with van der Waals surface area (Å²) in [6, 6.07) is 6.23. The predicted octanol–water partition coefficient (Wildman–Crippen LogP) is 3.66. The summed E-state index contributed by atoms with van der Waals surface area (Å²) < 4.78 is 56.0. The van der Waals surface area contributed by atoms with Crippen LogP contribution in [0.3, 0.4) is 0 Å². The van der Waals surface area contributed by atoms with Crippen LogP contribution in [0.1, 0.15) is 43.6 Å². The Morgan fingerprint density at radius 3 is 2.30 bits per heavy atom. The smallest absolute Gasteiger partial charge is 0.497 e. The molecule has 0 radical (unpaired) electrons. The molecule has 1 fully saturated rings. The molecule has 0 atom stereocenters. The van der Waals surface area contributed by atoms with E-state index in [9.17, 15) is 18.0 Å². The molecule has 10 heteroatoms. The summed E-state index contributed by atoms with van der Waals surface area (Å²) in [5.74, 6) is -0.470. The van der Waals surface area contributed by atoms with Crippen molar-refractivity contribution in [2.24, 2.45) is 0 Å². The molecule has 0 bridgehead atoms. The molecule has 3 rings (SSSR count). The third-order valence-electron chi connectivity index (χ3n) is 5.33. The molecule has 6 nitrogen and oxygen atoms in total. The third kappa shape index (κ3) is 4.29. The largest absolute Gasteiger partial charge is 0.498 e. The van der Waals surface area contributed by atoms with Gasteiger partial charge in [-0.1, -0.05) is 6.07 Å². The van der Waals surface area contributed by atoms with Crippen molar-refractivity contribution in [2.75, 3.05) is 12.4 Å². The molecule has 1 aromatic carbocycles. The van der Waals surface area contributed by atoms with Gasteiger partial charge in [-0.25, -0.2) is 4.98 Å². The van der Waals surface area contributed by atoms with Crippen molar-refractivity contribution in [3.63, 3.8) is 0 Å². The Morgan fingerprint density at radius 2 is 1.73 bits per heavy atom. The van der Waals surface area contributed by atoms with Gasteiger partial charge < -0.3 is 19.4 Å². The fourth-order valence-electron chi connectivity index (χ4n) is 2.88. The van der Waals surface area contributed by atoms with Gasteiger partial charge in [-0.05, 0) is 52.0 Å². The average Bonchev–Trinajstić information content (AvgIpc) is 2.88. The first-order chi connectivity index (χ1) is 13.8. The molecule has 1 aromatic heterocycles. The Kier molecular flexibility index (Phi) is 5.59. The number of hydrogen-bond donors (Lipinski definition) is 1. The number of halogens is 3. The van der Waals surface area contributed by atoms with E-state index < -0.39 is 36.0 Å². The second-order valence-electron chi connectivity index (χ2n) is 7.93. The van der Waals surface area contributed by atoms with Gasteiger partial charge in [-0.15, -0.1) is 0 Å². The maximum atomic E-state index is 12.8. The zero-order valence-corrected chi connectivity index (χ0v) is 17.3. The molecule has 2 heterocycles. The molecule has 30 heavy (non-hydrogen) atoms. The molecule has 0 aliphatic carbocycles. The zero-order chi connectivity index (χ0) is 22.3. The Hall–Kier alpha value is -2.59. The molecule has 2 aromatic rings. The molecule has 1 aliphatic heterocycles. The fraction of sp³-hybridized carbons (Fsp3) is 0.400. The van der Waals surface area contributed by atoms with Gasteiger partial charge in [0.15, 0.2) is 0 Å². The first kappa shape index (κ1) is 22.1. The highest BCUT2D eigenvalue weighted by molar-refractivity contribution is 6.63. The van der Waals surface area contributed by atoms with E-state index in [1.807, 2.05) is 27.7 Å². The molecule has 1 aliphatic rings. The topological polar surface area (TPSA) is 69.7 Å². The number of pyridine rings is 1. The standard InChI is InChI=1S/C20H22BF3N2O4/c1-18(2)19(3,4)30-21(29-18)14-7-6-12(10-15(14)28-5)17(27)26-16-11-13(8-9-25-16)20(22,23)24/h6-11H,1-5H3,(H,25,26,27). The molecule has 0 spiro atoms. The van der Waals surface area contributed by atoms with Crippen molar-refractivity contribution >= 4 is 24.3 Å². The van der Waals surface area contributed by atoms with E-state index in [2.05, 4.69) is 10.3 Å². The van der Waals surface area contributed by atoms with Gasteiger partial charge >= 0.3 is 13.3 Å². The summed E-state index contributed by atoms with van der Waals surface area (Å²) in [4.78, 5) is 16.3. The number of carbonyl (C=O) groups excluding carboxylic acids is 1. The highest BCUT2D eigenvalue weighted by Crippen LogP contribution is 2.37. The summed E-state index contributed by atoms with van der Waals surface area (Å²) in [6.45, 7) is 7.68. The van der Waals surface area contributed by atoms with Crippen LogP contribution in [0.4, 0.5) is 19.0 Å². The number of benzene rings is 1. The van der Waals surface area contributed by atoms with Crippen LogP contribution in [0.15, 0.2) is 36.5 Å². The third-order valence-corrected chi connectivity index (χ3v) is 5.33. The van der Waals surface area contributed by atoms with Crippen LogP contribution in [0.25, 0.3) is 0 Å². The van der Waals surface area contributed by atoms with Crippen LogP contribution < -0.4 is 15.5 Å². The van der Waals surface area contributed by atoms with Crippen molar-refractivity contribution in [3.05, 3.63) is 47.7 Å². The minimum atomic E-state index is -4.53. The van der Waals surface area contributed by atoms with E-state index >= 15 is 0 Å². The number of amides is 1. The maximum absolute atomic E-state index is 12.8. The quantitative estimate of drug-likeness (QED) is 0.762. The zero-order valence-electron chi connectivity index (χ0n) is 17.3. The van der Waals surface area contributed by atoms with Gasteiger partial charge in [-0.2, -0.15) is 13.2 Å². The Balaban J connectivity index is 1.82. The number of rotatable bonds is 4. The van der Waals surface area contributed by atoms with Crippen molar-refractivity contribution in [1.29, 1.82) is 0 Å². The lowest BCUT2D eigenvalue weighted by atomic mass is 9.78. The van der Waals surface area contributed by atoms with Crippen molar-refractivity contribution in [2.45, 2.75) is 45.1 Å². The normalized spacial score (nSPS) is 17.7. The Morgan fingerprint density at radius 1 is 1.10 bits per heavy atom. The average molecular weight is 422 g/mol. The lowest BCUT2D eigenvalue weighted by Crippen LogP contribution is -2.41. The van der Waals surface area contributed by atoms with Crippen LogP contribution in [-0.2, 0) is 15.5 Å². The predicted molar refractivity (Wildman–Crippen MR) is 106 cm³/mol. The highest BCUT2D eigenvalue weighted by Gasteiger charge is 2.52. The van der Waals surface area contributed by atoms with Crippen LogP contribution in [0.2, 0.25) is 0 Å². The Bertz CT molecular complexity index is 947. The molecule has 1 amide bonds. The van der Waals surface area contributed by atoms with Gasteiger partial charge in [0.25, 0.3) is 5.91 Å². The van der Waals surface area contributed by atoms with E-state index in [1.54, 1.807) is 6.07 Å². The molecular weight excluding hydrogens is 400 g/mol. The summed E-state index contributed by atoms with van der Waals surface area (Å²) >= 11 is 0. The first-order valence-electron chi connectivity index (χ1n) is 9.22. The van der Waals surface area contributed by atoms with Crippen molar-refractivity contribution in [1.82, 2.24) is 4.98 Å². The number of methoxy groups -OCH3 is 1. The lowest BCUT2D eigenvalue weighted by molar-refractivity contribution is -0.137. The summed E-state index contributed by atoms with van der Waals surface area (Å²) in [6.07, 6.45) is -3.55. The van der Waals surface area contributed by atoms with E-state index in [0.717, 1.165) is 18.3 Å². The monoisotopic (exact) mass is 422 g/mol. The van der Waals surface area contributed by atoms with E-state index in [0.29, 0.717) is 11.2 Å². The van der Waals surface area contributed by atoms with Crippen LogP contribution in [-0.4, -0.2) is 36.3 Å². The van der Waals surface area contributed by atoms with Crippen LogP contribution in [0, 0.1) is 0 Å². The number of hydrogen-bond acceptors (Lipinski definition) is 5. The minimum Gasteiger partial charge on any atom is -0.497 e. The molecule has 1 N–H and O–H groups in total. The summed E-state index contributed by atoms with van der Waals surface area (Å²) in [5, 5.41) is 2.37. The van der Waals surface area contributed by atoms with Gasteiger partial charge in [0.2, 0.25) is 0 Å². The second-order valence-corrected chi connectivity index (χ2v) is 7.93. The number of nitrogens with zero attached hydrogens (tertiary/aromatic N) is 1. The molecule has 1 saturated heterocycles. The summed E-state index contributed by atoms with van der Waals surface area (Å²) in [7, 11) is 0.757. The highest BCUT2D eigenvalue weighted by atomic mass is 19.4. The molecule has 160 valence electrons. The molecule has 0 saturated carbocycles. The van der Waals surface area contributed by atoms with Gasteiger partial charge in [0.1, 0.15) is 11.6 Å². The fourth-order valence-corrected chi connectivity index (χ4v) is 2.88. The van der Waals surface area contributed by atoms with E-state index in [1.165, 1.54) is 19.2 Å². The minimum absolute atomic E-state index is 0.186. The van der Waals surface area contributed by atoms with Gasteiger partial charge in [-0.3, -0.25) is 4.79 Å². The second kappa shape index (κ2) is 7.59. The van der Waals surface area contributed by atoms with Crippen molar-refractivity contribution < 1.29 is 32.0 Å². The van der Waals surface area contributed by atoms with Crippen LogP contribution >= 0.6 is 0 Å². The molecular formula is C20H22BF3N2O4.